The largest absolute Gasteiger partial charge is 0.368 e. The van der Waals surface area contributed by atoms with Crippen molar-refractivity contribution in [2.24, 2.45) is 5.73 Å². The molecule has 1 aromatic carbocycles. The number of carbonyl (C=O) groups is 1. The second-order valence-corrected chi connectivity index (χ2v) is 10.7. The molecule has 0 bridgehead atoms. The SMILES string of the molecule is Cc1ccc(C)c(S(=O)(=O)N2CCN(Cn3nc(C4CC4)n(CC(N)=O)c3=S)CC2)c1. The first-order valence-corrected chi connectivity index (χ1v) is 12.3. The summed E-state index contributed by atoms with van der Waals surface area (Å²) in [6.45, 7) is 6.17. The fourth-order valence-corrected chi connectivity index (χ4v) is 5.91. The zero-order valence-electron chi connectivity index (χ0n) is 17.8. The van der Waals surface area contributed by atoms with Crippen LogP contribution in [-0.2, 0) is 28.0 Å². The summed E-state index contributed by atoms with van der Waals surface area (Å²) < 4.78 is 31.8. The first kappa shape index (κ1) is 22.1. The van der Waals surface area contributed by atoms with E-state index in [1.165, 1.54) is 0 Å². The van der Waals surface area contributed by atoms with Gasteiger partial charge in [-0.25, -0.2) is 13.1 Å². The van der Waals surface area contributed by atoms with E-state index in [0.717, 1.165) is 29.8 Å². The maximum absolute atomic E-state index is 13.1. The highest BCUT2D eigenvalue weighted by molar-refractivity contribution is 7.89. The Morgan fingerprint density at radius 3 is 2.48 bits per heavy atom. The topological polar surface area (TPSA) is 106 Å². The summed E-state index contributed by atoms with van der Waals surface area (Å²) in [7, 11) is -3.53. The second-order valence-electron chi connectivity index (χ2n) is 8.40. The van der Waals surface area contributed by atoms with Gasteiger partial charge >= 0.3 is 0 Å². The number of amides is 1. The third-order valence-electron chi connectivity index (χ3n) is 5.83. The van der Waals surface area contributed by atoms with Crippen LogP contribution >= 0.6 is 12.2 Å². The van der Waals surface area contributed by atoms with E-state index in [1.807, 2.05) is 26.0 Å². The molecule has 9 nitrogen and oxygen atoms in total. The van der Waals surface area contributed by atoms with Crippen LogP contribution in [-0.4, -0.2) is 64.1 Å². The average Bonchev–Trinajstić information content (AvgIpc) is 3.52. The monoisotopic (exact) mass is 464 g/mol. The summed E-state index contributed by atoms with van der Waals surface area (Å²) in [4.78, 5) is 14.0. The molecule has 168 valence electrons. The lowest BCUT2D eigenvalue weighted by Gasteiger charge is -2.34. The highest BCUT2D eigenvalue weighted by Crippen LogP contribution is 2.39. The zero-order valence-corrected chi connectivity index (χ0v) is 19.5. The third kappa shape index (κ3) is 4.59. The normalized spacial score (nSPS) is 18.4. The molecule has 1 amide bonds. The maximum Gasteiger partial charge on any atom is 0.243 e. The second kappa shape index (κ2) is 8.45. The van der Waals surface area contributed by atoms with Gasteiger partial charge in [0.1, 0.15) is 12.4 Å². The number of aromatic nitrogens is 3. The summed E-state index contributed by atoms with van der Waals surface area (Å²) in [5, 5.41) is 4.65. The van der Waals surface area contributed by atoms with E-state index in [9.17, 15) is 13.2 Å². The minimum atomic E-state index is -3.53. The fourth-order valence-electron chi connectivity index (χ4n) is 3.92. The standard InChI is InChI=1S/C20H28N6O3S2/c1-14-3-4-15(2)17(11-14)31(28,29)24-9-7-23(8-10-24)13-26-20(30)25(12-18(21)27)19(22-26)16-5-6-16/h3-4,11,16H,5-10,12-13H2,1-2H3,(H2,21,27). The number of hydrogen-bond acceptors (Lipinski definition) is 6. The van der Waals surface area contributed by atoms with Crippen LogP contribution in [0.1, 0.15) is 35.7 Å². The Morgan fingerprint density at radius 2 is 1.87 bits per heavy atom. The average molecular weight is 465 g/mol. The van der Waals surface area contributed by atoms with Crippen LogP contribution in [0.3, 0.4) is 0 Å². The number of piperazine rings is 1. The molecule has 2 aliphatic rings. The van der Waals surface area contributed by atoms with Crippen molar-refractivity contribution in [2.45, 2.75) is 50.7 Å². The first-order valence-electron chi connectivity index (χ1n) is 10.4. The van der Waals surface area contributed by atoms with Crippen molar-refractivity contribution < 1.29 is 13.2 Å². The quantitative estimate of drug-likeness (QED) is 0.620. The van der Waals surface area contributed by atoms with Gasteiger partial charge in [0.2, 0.25) is 15.9 Å². The van der Waals surface area contributed by atoms with Gasteiger partial charge < -0.3 is 5.73 Å². The zero-order chi connectivity index (χ0) is 22.3. The van der Waals surface area contributed by atoms with Crippen molar-refractivity contribution in [1.29, 1.82) is 0 Å². The third-order valence-corrected chi connectivity index (χ3v) is 8.31. The predicted molar refractivity (Wildman–Crippen MR) is 118 cm³/mol. The molecule has 4 rings (SSSR count). The number of rotatable bonds is 7. The molecule has 0 radical (unpaired) electrons. The van der Waals surface area contributed by atoms with E-state index >= 15 is 0 Å². The molecule has 2 heterocycles. The van der Waals surface area contributed by atoms with Gasteiger partial charge in [-0.15, -0.1) is 0 Å². The maximum atomic E-state index is 13.1. The lowest BCUT2D eigenvalue weighted by atomic mass is 10.2. The lowest BCUT2D eigenvalue weighted by Crippen LogP contribution is -2.49. The van der Waals surface area contributed by atoms with Crippen LogP contribution in [0.2, 0.25) is 0 Å². The molecule has 2 fully saturated rings. The molecule has 1 saturated heterocycles. The number of aryl methyl sites for hydroxylation is 2. The van der Waals surface area contributed by atoms with E-state index in [1.54, 1.807) is 19.6 Å². The van der Waals surface area contributed by atoms with E-state index in [0.29, 0.717) is 48.4 Å². The van der Waals surface area contributed by atoms with E-state index in [-0.39, 0.29) is 6.54 Å². The highest BCUT2D eigenvalue weighted by atomic mass is 32.2. The van der Waals surface area contributed by atoms with Crippen molar-refractivity contribution in [3.05, 3.63) is 39.9 Å². The van der Waals surface area contributed by atoms with Crippen molar-refractivity contribution in [2.75, 3.05) is 26.2 Å². The van der Waals surface area contributed by atoms with Crippen LogP contribution in [0.4, 0.5) is 0 Å². The molecule has 0 spiro atoms. The van der Waals surface area contributed by atoms with Gasteiger partial charge in [-0.1, -0.05) is 12.1 Å². The molecular formula is C20H28N6O3S2. The molecule has 1 aromatic heterocycles. The minimum Gasteiger partial charge on any atom is -0.368 e. The molecular weight excluding hydrogens is 436 g/mol. The van der Waals surface area contributed by atoms with Gasteiger partial charge in [-0.3, -0.25) is 14.3 Å². The van der Waals surface area contributed by atoms with Gasteiger partial charge in [-0.05, 0) is 56.1 Å². The van der Waals surface area contributed by atoms with Gasteiger partial charge in [0, 0.05) is 32.1 Å². The molecule has 1 aliphatic carbocycles. The molecule has 1 saturated carbocycles. The van der Waals surface area contributed by atoms with Crippen LogP contribution in [0.25, 0.3) is 0 Å². The Morgan fingerprint density at radius 1 is 1.19 bits per heavy atom. The van der Waals surface area contributed by atoms with Gasteiger partial charge in [-0.2, -0.15) is 9.40 Å². The van der Waals surface area contributed by atoms with Crippen LogP contribution in [0.5, 0.6) is 0 Å². The minimum absolute atomic E-state index is 0.0343. The fraction of sp³-hybridized carbons (Fsp3) is 0.550. The molecule has 2 N–H and O–H groups in total. The number of benzene rings is 1. The van der Waals surface area contributed by atoms with Crippen molar-refractivity contribution in [1.82, 2.24) is 23.6 Å². The Hall–Kier alpha value is -2.08. The summed E-state index contributed by atoms with van der Waals surface area (Å²) >= 11 is 5.54. The van der Waals surface area contributed by atoms with Crippen molar-refractivity contribution in [3.63, 3.8) is 0 Å². The summed E-state index contributed by atoms with van der Waals surface area (Å²) in [5.41, 5.74) is 7.07. The Bertz CT molecular complexity index is 1160. The molecule has 0 atom stereocenters. The van der Waals surface area contributed by atoms with Gasteiger partial charge in [0.05, 0.1) is 11.6 Å². The number of primary amides is 1. The van der Waals surface area contributed by atoms with Gasteiger partial charge in [0.15, 0.2) is 4.77 Å². The smallest absolute Gasteiger partial charge is 0.243 e. The highest BCUT2D eigenvalue weighted by Gasteiger charge is 2.32. The number of hydrogen-bond donors (Lipinski definition) is 1. The van der Waals surface area contributed by atoms with E-state index < -0.39 is 15.9 Å². The molecule has 11 heteroatoms. The van der Waals surface area contributed by atoms with Gasteiger partial charge in [0.25, 0.3) is 0 Å². The van der Waals surface area contributed by atoms with Crippen molar-refractivity contribution in [3.8, 4) is 0 Å². The summed E-state index contributed by atoms with van der Waals surface area (Å²) in [6, 6.07) is 5.50. The molecule has 31 heavy (non-hydrogen) atoms. The number of nitrogens with zero attached hydrogens (tertiary/aromatic N) is 5. The first-order chi connectivity index (χ1) is 14.7. The number of carbonyl (C=O) groups excluding carboxylic acids is 1. The van der Waals surface area contributed by atoms with E-state index in [4.69, 9.17) is 18.0 Å². The van der Waals surface area contributed by atoms with E-state index in [2.05, 4.69) is 10.00 Å². The lowest BCUT2D eigenvalue weighted by molar-refractivity contribution is -0.118. The van der Waals surface area contributed by atoms with Crippen molar-refractivity contribution >= 4 is 28.1 Å². The Kier molecular flexibility index (Phi) is 6.03. The predicted octanol–water partition coefficient (Wildman–Crippen LogP) is 1.36. The summed E-state index contributed by atoms with van der Waals surface area (Å²) in [6.07, 6.45) is 2.08. The molecule has 0 unspecified atom stereocenters. The number of sulfonamides is 1. The number of nitrogens with two attached hydrogens (primary N) is 1. The molecule has 2 aromatic rings. The summed E-state index contributed by atoms with van der Waals surface area (Å²) in [5.74, 6) is 0.713. The van der Waals surface area contributed by atoms with Crippen LogP contribution in [0, 0.1) is 18.6 Å². The van der Waals surface area contributed by atoms with Crippen LogP contribution < -0.4 is 5.73 Å². The van der Waals surface area contributed by atoms with Crippen LogP contribution in [0.15, 0.2) is 23.1 Å². The molecule has 1 aliphatic heterocycles. The Labute approximate surface area is 187 Å². The Balaban J connectivity index is 1.46.